The number of hydrogen-bond donors (Lipinski definition) is 0. The third-order valence-corrected chi connectivity index (χ3v) is 3.57. The van der Waals surface area contributed by atoms with Crippen LogP contribution in [-0.4, -0.2) is 24.5 Å². The molecule has 4 heteroatoms. The molecule has 116 valence electrons. The summed E-state index contributed by atoms with van der Waals surface area (Å²) in [5.41, 5.74) is 3.28. The van der Waals surface area contributed by atoms with Crippen LogP contribution in [-0.2, 0) is 11.3 Å². The first-order valence-corrected chi connectivity index (χ1v) is 7.51. The third-order valence-electron chi connectivity index (χ3n) is 3.32. The smallest absolute Gasteiger partial charge is 0.260 e. The van der Waals surface area contributed by atoms with Gasteiger partial charge in [-0.1, -0.05) is 29.8 Å². The van der Waals surface area contributed by atoms with E-state index in [9.17, 15) is 4.79 Å². The summed E-state index contributed by atoms with van der Waals surface area (Å²) in [6.45, 7) is 4.59. The molecule has 0 aliphatic rings. The lowest BCUT2D eigenvalue weighted by Gasteiger charge is -2.18. The first kappa shape index (κ1) is 16.4. The molecule has 2 aromatic rings. The summed E-state index contributed by atoms with van der Waals surface area (Å²) in [7, 11) is 1.77. The maximum Gasteiger partial charge on any atom is 0.260 e. The number of carbonyl (C=O) groups excluding carboxylic acids is 1. The van der Waals surface area contributed by atoms with E-state index < -0.39 is 0 Å². The minimum atomic E-state index is -0.0610. The highest BCUT2D eigenvalue weighted by Gasteiger charge is 2.10. The number of carbonyl (C=O) groups is 1. The van der Waals surface area contributed by atoms with Crippen LogP contribution in [0.5, 0.6) is 5.75 Å². The van der Waals surface area contributed by atoms with E-state index in [-0.39, 0.29) is 12.5 Å². The topological polar surface area (TPSA) is 29.5 Å². The zero-order chi connectivity index (χ0) is 16.1. The van der Waals surface area contributed by atoms with Gasteiger partial charge in [0.05, 0.1) is 0 Å². The molecule has 0 fully saturated rings. The second-order valence-corrected chi connectivity index (χ2v) is 5.92. The molecule has 0 heterocycles. The lowest BCUT2D eigenvalue weighted by molar-refractivity contribution is -0.132. The summed E-state index contributed by atoms with van der Waals surface area (Å²) in [5, 5.41) is 0.691. The standard InChI is InChI=1S/C18H20ClNO2/c1-13-8-14(2)10-17(9-13)22-12-18(21)20(3)11-15-4-6-16(19)7-5-15/h4-10H,11-12H2,1-3H3. The molecule has 0 aromatic heterocycles. The number of likely N-dealkylation sites (N-methyl/N-ethyl adjacent to an activating group) is 1. The van der Waals surface area contributed by atoms with Crippen molar-refractivity contribution in [2.24, 2.45) is 0 Å². The zero-order valence-electron chi connectivity index (χ0n) is 13.1. The summed E-state index contributed by atoms with van der Waals surface area (Å²) in [6, 6.07) is 13.4. The number of rotatable bonds is 5. The van der Waals surface area contributed by atoms with Crippen LogP contribution in [0, 0.1) is 13.8 Å². The van der Waals surface area contributed by atoms with E-state index in [1.54, 1.807) is 11.9 Å². The van der Waals surface area contributed by atoms with Crippen molar-refractivity contribution in [3.05, 3.63) is 64.2 Å². The Hall–Kier alpha value is -2.00. The van der Waals surface area contributed by atoms with E-state index in [2.05, 4.69) is 6.07 Å². The molecule has 0 saturated heterocycles. The molecular weight excluding hydrogens is 298 g/mol. The van der Waals surface area contributed by atoms with Gasteiger partial charge in [0.15, 0.2) is 6.61 Å². The van der Waals surface area contributed by atoms with E-state index in [0.29, 0.717) is 11.6 Å². The predicted octanol–water partition coefficient (Wildman–Crippen LogP) is 3.99. The number of ether oxygens (including phenoxy) is 1. The average molecular weight is 318 g/mol. The van der Waals surface area contributed by atoms with Crippen LogP contribution in [0.25, 0.3) is 0 Å². The van der Waals surface area contributed by atoms with Crippen LogP contribution in [0.3, 0.4) is 0 Å². The predicted molar refractivity (Wildman–Crippen MR) is 89.3 cm³/mol. The quantitative estimate of drug-likeness (QED) is 0.834. The fourth-order valence-electron chi connectivity index (χ4n) is 2.22. The van der Waals surface area contributed by atoms with Gasteiger partial charge in [-0.25, -0.2) is 0 Å². The van der Waals surface area contributed by atoms with Crippen molar-refractivity contribution in [3.63, 3.8) is 0 Å². The van der Waals surface area contributed by atoms with E-state index in [1.165, 1.54) is 0 Å². The van der Waals surface area contributed by atoms with Crippen molar-refractivity contribution in [1.29, 1.82) is 0 Å². The van der Waals surface area contributed by atoms with E-state index >= 15 is 0 Å². The molecule has 0 radical (unpaired) electrons. The molecule has 0 saturated carbocycles. The lowest BCUT2D eigenvalue weighted by atomic mass is 10.1. The fraction of sp³-hybridized carbons (Fsp3) is 0.278. The Morgan fingerprint density at radius 1 is 1.09 bits per heavy atom. The van der Waals surface area contributed by atoms with Crippen LogP contribution in [0.2, 0.25) is 5.02 Å². The highest BCUT2D eigenvalue weighted by Crippen LogP contribution is 2.16. The molecule has 0 aliphatic carbocycles. The number of halogens is 1. The van der Waals surface area contributed by atoms with Gasteiger partial charge in [0.25, 0.3) is 5.91 Å². The molecule has 3 nitrogen and oxygen atoms in total. The highest BCUT2D eigenvalue weighted by molar-refractivity contribution is 6.30. The molecule has 0 unspecified atom stereocenters. The number of aryl methyl sites for hydroxylation is 2. The minimum absolute atomic E-state index is 0.0347. The number of benzene rings is 2. The molecule has 0 bridgehead atoms. The molecular formula is C18H20ClNO2. The normalized spacial score (nSPS) is 10.4. The van der Waals surface area contributed by atoms with E-state index in [4.69, 9.17) is 16.3 Å². The van der Waals surface area contributed by atoms with E-state index in [0.717, 1.165) is 22.4 Å². The van der Waals surface area contributed by atoms with Crippen molar-refractivity contribution in [2.45, 2.75) is 20.4 Å². The molecule has 2 aromatic carbocycles. The molecule has 0 N–H and O–H groups in total. The minimum Gasteiger partial charge on any atom is -0.484 e. The summed E-state index contributed by atoms with van der Waals surface area (Å²) >= 11 is 5.85. The van der Waals surface area contributed by atoms with Gasteiger partial charge in [-0.2, -0.15) is 0 Å². The van der Waals surface area contributed by atoms with Crippen molar-refractivity contribution < 1.29 is 9.53 Å². The number of hydrogen-bond acceptors (Lipinski definition) is 2. The summed E-state index contributed by atoms with van der Waals surface area (Å²) in [6.07, 6.45) is 0. The van der Waals surface area contributed by atoms with Gasteiger partial charge in [0.1, 0.15) is 5.75 Å². The lowest BCUT2D eigenvalue weighted by Crippen LogP contribution is -2.30. The molecule has 0 aliphatic heterocycles. The van der Waals surface area contributed by atoms with Crippen LogP contribution in [0.4, 0.5) is 0 Å². The Morgan fingerprint density at radius 2 is 1.68 bits per heavy atom. The van der Waals surface area contributed by atoms with Gasteiger partial charge in [0, 0.05) is 18.6 Å². The van der Waals surface area contributed by atoms with Gasteiger partial charge in [-0.3, -0.25) is 4.79 Å². The molecule has 2 rings (SSSR count). The number of nitrogens with zero attached hydrogens (tertiary/aromatic N) is 1. The molecule has 1 amide bonds. The monoisotopic (exact) mass is 317 g/mol. The van der Waals surface area contributed by atoms with Crippen molar-refractivity contribution >= 4 is 17.5 Å². The van der Waals surface area contributed by atoms with Gasteiger partial charge in [-0.05, 0) is 54.8 Å². The van der Waals surface area contributed by atoms with Crippen molar-refractivity contribution in [2.75, 3.05) is 13.7 Å². The Kier molecular flexibility index (Phi) is 5.45. The van der Waals surface area contributed by atoms with Gasteiger partial charge in [-0.15, -0.1) is 0 Å². The first-order valence-electron chi connectivity index (χ1n) is 7.13. The van der Waals surface area contributed by atoms with Crippen LogP contribution >= 0.6 is 11.6 Å². The average Bonchev–Trinajstić information content (AvgIpc) is 2.46. The van der Waals surface area contributed by atoms with Crippen molar-refractivity contribution in [1.82, 2.24) is 4.90 Å². The fourth-order valence-corrected chi connectivity index (χ4v) is 2.35. The second-order valence-electron chi connectivity index (χ2n) is 5.49. The molecule has 0 spiro atoms. The maximum absolute atomic E-state index is 12.1. The summed E-state index contributed by atoms with van der Waals surface area (Å²) in [5.74, 6) is 0.667. The SMILES string of the molecule is Cc1cc(C)cc(OCC(=O)N(C)Cc2ccc(Cl)cc2)c1. The van der Waals surface area contributed by atoms with Gasteiger partial charge in [0.2, 0.25) is 0 Å². The van der Waals surface area contributed by atoms with Gasteiger partial charge < -0.3 is 9.64 Å². The highest BCUT2D eigenvalue weighted by atomic mass is 35.5. The molecule has 0 atom stereocenters. The largest absolute Gasteiger partial charge is 0.484 e. The van der Waals surface area contributed by atoms with Gasteiger partial charge >= 0.3 is 0 Å². The summed E-state index contributed by atoms with van der Waals surface area (Å²) in [4.78, 5) is 13.8. The molecule has 22 heavy (non-hydrogen) atoms. The Bertz CT molecular complexity index is 632. The van der Waals surface area contributed by atoms with Crippen LogP contribution in [0.15, 0.2) is 42.5 Å². The second kappa shape index (κ2) is 7.32. The maximum atomic E-state index is 12.1. The summed E-state index contributed by atoms with van der Waals surface area (Å²) < 4.78 is 5.60. The Balaban J connectivity index is 1.89. The number of amides is 1. The van der Waals surface area contributed by atoms with Crippen molar-refractivity contribution in [3.8, 4) is 5.75 Å². The Morgan fingerprint density at radius 3 is 2.27 bits per heavy atom. The third kappa shape index (κ3) is 4.78. The first-order chi connectivity index (χ1) is 10.4. The van der Waals surface area contributed by atoms with E-state index in [1.807, 2.05) is 50.2 Å². The Labute approximate surface area is 136 Å². The van der Waals surface area contributed by atoms with Crippen LogP contribution in [0.1, 0.15) is 16.7 Å². The van der Waals surface area contributed by atoms with Crippen LogP contribution < -0.4 is 4.74 Å². The zero-order valence-corrected chi connectivity index (χ0v) is 13.9.